The summed E-state index contributed by atoms with van der Waals surface area (Å²) in [7, 11) is 1.68. The van der Waals surface area contributed by atoms with Crippen molar-refractivity contribution in [2.75, 3.05) is 18.6 Å². The van der Waals surface area contributed by atoms with Gasteiger partial charge in [0.1, 0.15) is 22.3 Å². The molecule has 0 N–H and O–H groups in total. The first kappa shape index (κ1) is 27.2. The molecule has 0 aliphatic rings. The second-order valence-corrected chi connectivity index (χ2v) is 10.4. The maximum atomic E-state index is 5.85. The first-order valence-electron chi connectivity index (χ1n) is 14.0. The zero-order valence-corrected chi connectivity index (χ0v) is 24.4. The number of para-hydroxylation sites is 1. The van der Waals surface area contributed by atoms with Gasteiger partial charge in [-0.3, -0.25) is 4.68 Å². The fraction of sp³-hybridized carbons (Fsp3) is 0.281. The van der Waals surface area contributed by atoms with Crippen LogP contribution in [-0.2, 0) is 13.1 Å². The van der Waals surface area contributed by atoms with Gasteiger partial charge in [0.2, 0.25) is 5.88 Å². The van der Waals surface area contributed by atoms with Gasteiger partial charge in [0.25, 0.3) is 0 Å². The molecule has 0 unspecified atom stereocenters. The minimum atomic E-state index is 0.121. The number of aromatic nitrogens is 6. The Hall–Kier alpha value is -4.99. The van der Waals surface area contributed by atoms with Crippen molar-refractivity contribution in [3.05, 3.63) is 84.0 Å². The van der Waals surface area contributed by atoms with Gasteiger partial charge in [0, 0.05) is 24.7 Å². The molecule has 6 aromatic rings. The average Bonchev–Trinajstić information content (AvgIpc) is 3.62. The monoisotopic (exact) mass is 563 g/mol. The molecule has 0 amide bonds. The van der Waals surface area contributed by atoms with Crippen LogP contribution in [0.2, 0.25) is 0 Å². The van der Waals surface area contributed by atoms with Crippen molar-refractivity contribution in [1.82, 2.24) is 29.9 Å². The third kappa shape index (κ3) is 5.11. The van der Waals surface area contributed by atoms with Crippen LogP contribution in [0.5, 0.6) is 11.6 Å². The molecule has 4 heterocycles. The summed E-state index contributed by atoms with van der Waals surface area (Å²) in [6.45, 7) is 9.85. The summed E-state index contributed by atoms with van der Waals surface area (Å²) in [6, 6.07) is 18.3. The largest absolute Gasteiger partial charge is 0.497 e. The molecular formula is C32H33N7O3. The van der Waals surface area contributed by atoms with Gasteiger partial charge in [-0.25, -0.2) is 9.97 Å². The van der Waals surface area contributed by atoms with Crippen LogP contribution in [0.25, 0.3) is 33.4 Å². The molecule has 0 bridgehead atoms. The zero-order valence-electron chi connectivity index (χ0n) is 24.4. The molecule has 0 spiro atoms. The smallest absolute Gasteiger partial charge is 0.242 e. The van der Waals surface area contributed by atoms with Gasteiger partial charge < -0.3 is 18.8 Å². The zero-order chi connectivity index (χ0) is 29.2. The normalized spacial score (nSPS) is 11.5. The molecule has 4 aromatic heterocycles. The number of hydrogen-bond donors (Lipinski definition) is 0. The Labute approximate surface area is 243 Å². The van der Waals surface area contributed by atoms with E-state index in [4.69, 9.17) is 24.0 Å². The van der Waals surface area contributed by atoms with Crippen LogP contribution >= 0.6 is 0 Å². The SMILES string of the molecule is CCOc1nnccc1-c1cc(N(Cc2ccc(OC)cc2)Cc2cccc3ocnc23)c2c(n1)c(C)nn2C(C)C. The Kier molecular flexibility index (Phi) is 7.43. The molecule has 0 aliphatic carbocycles. The lowest BCUT2D eigenvalue weighted by Gasteiger charge is -2.27. The standard InChI is InChI=1S/C32H33N7O3/c1-6-41-32-25(14-15-34-36-32)26-16-27(31-29(35-26)21(4)37-39(31)20(2)3)38(17-22-10-12-24(40-5)13-11-22)18-23-8-7-9-28-30(23)33-19-42-28/h7-16,19-20H,6,17-18H2,1-5H3. The van der Waals surface area contributed by atoms with Crippen LogP contribution in [0.1, 0.15) is 43.6 Å². The van der Waals surface area contributed by atoms with Gasteiger partial charge in [-0.1, -0.05) is 24.3 Å². The van der Waals surface area contributed by atoms with Gasteiger partial charge in [-0.2, -0.15) is 10.2 Å². The molecule has 214 valence electrons. The molecule has 6 rings (SSSR count). The summed E-state index contributed by atoms with van der Waals surface area (Å²) >= 11 is 0. The van der Waals surface area contributed by atoms with Crippen LogP contribution in [0.4, 0.5) is 5.69 Å². The summed E-state index contributed by atoms with van der Waals surface area (Å²) in [5.41, 5.74) is 8.91. The van der Waals surface area contributed by atoms with Crippen molar-refractivity contribution in [2.24, 2.45) is 0 Å². The van der Waals surface area contributed by atoms with Crippen LogP contribution in [-0.4, -0.2) is 43.7 Å². The average molecular weight is 564 g/mol. The van der Waals surface area contributed by atoms with Crippen LogP contribution in [0, 0.1) is 6.92 Å². The molecule has 0 radical (unpaired) electrons. The van der Waals surface area contributed by atoms with E-state index in [0.29, 0.717) is 25.6 Å². The summed E-state index contributed by atoms with van der Waals surface area (Å²) < 4.78 is 19.0. The van der Waals surface area contributed by atoms with Gasteiger partial charge in [0.15, 0.2) is 12.0 Å². The Bertz CT molecular complexity index is 1840. The molecular weight excluding hydrogens is 530 g/mol. The van der Waals surface area contributed by atoms with Gasteiger partial charge >= 0.3 is 0 Å². The van der Waals surface area contributed by atoms with Gasteiger partial charge in [-0.15, -0.1) is 5.10 Å². The number of rotatable bonds is 10. The number of anilines is 1. The first-order valence-corrected chi connectivity index (χ1v) is 14.0. The third-order valence-electron chi connectivity index (χ3n) is 7.21. The van der Waals surface area contributed by atoms with E-state index in [1.165, 1.54) is 6.39 Å². The van der Waals surface area contributed by atoms with Crippen molar-refractivity contribution in [3.63, 3.8) is 0 Å². The summed E-state index contributed by atoms with van der Waals surface area (Å²) in [5, 5.41) is 13.2. The number of oxazole rings is 1. The number of aryl methyl sites for hydroxylation is 1. The van der Waals surface area contributed by atoms with Gasteiger partial charge in [0.05, 0.1) is 42.6 Å². The summed E-state index contributed by atoms with van der Waals surface area (Å²) in [5.74, 6) is 1.26. The van der Waals surface area contributed by atoms with Crippen molar-refractivity contribution in [3.8, 4) is 22.9 Å². The number of hydrogen-bond acceptors (Lipinski definition) is 9. The first-order chi connectivity index (χ1) is 20.5. The fourth-order valence-electron chi connectivity index (χ4n) is 5.23. The highest BCUT2D eigenvalue weighted by Crippen LogP contribution is 2.38. The highest BCUT2D eigenvalue weighted by atomic mass is 16.5. The molecule has 0 atom stereocenters. The molecule has 10 heteroatoms. The van der Waals surface area contributed by atoms with Crippen molar-refractivity contribution >= 4 is 27.8 Å². The lowest BCUT2D eigenvalue weighted by Crippen LogP contribution is -2.24. The molecule has 0 fully saturated rings. The number of benzene rings is 2. The molecule has 2 aromatic carbocycles. The number of fused-ring (bicyclic) bond motifs is 2. The van der Waals surface area contributed by atoms with E-state index in [-0.39, 0.29) is 6.04 Å². The lowest BCUT2D eigenvalue weighted by atomic mass is 10.1. The van der Waals surface area contributed by atoms with E-state index in [2.05, 4.69) is 62.9 Å². The van der Waals surface area contributed by atoms with Crippen molar-refractivity contribution in [2.45, 2.75) is 46.8 Å². The highest BCUT2D eigenvalue weighted by Gasteiger charge is 2.24. The second kappa shape index (κ2) is 11.5. The number of pyridine rings is 1. The lowest BCUT2D eigenvalue weighted by molar-refractivity contribution is 0.324. The van der Waals surface area contributed by atoms with E-state index < -0.39 is 0 Å². The second-order valence-electron chi connectivity index (χ2n) is 10.4. The van der Waals surface area contributed by atoms with Crippen LogP contribution < -0.4 is 14.4 Å². The Morgan fingerprint density at radius 3 is 2.62 bits per heavy atom. The Balaban J connectivity index is 1.58. The van der Waals surface area contributed by atoms with E-state index >= 15 is 0 Å². The van der Waals surface area contributed by atoms with Gasteiger partial charge in [-0.05, 0) is 63.6 Å². The predicted octanol–water partition coefficient (Wildman–Crippen LogP) is 6.53. The molecule has 10 nitrogen and oxygen atoms in total. The number of methoxy groups -OCH3 is 1. The minimum absolute atomic E-state index is 0.121. The maximum Gasteiger partial charge on any atom is 0.242 e. The topological polar surface area (TPSA) is 104 Å². The summed E-state index contributed by atoms with van der Waals surface area (Å²) in [4.78, 5) is 12.0. The van der Waals surface area contributed by atoms with E-state index in [1.807, 2.05) is 44.2 Å². The Morgan fingerprint density at radius 1 is 1.02 bits per heavy atom. The fourth-order valence-corrected chi connectivity index (χ4v) is 5.23. The predicted molar refractivity (Wildman–Crippen MR) is 162 cm³/mol. The van der Waals surface area contributed by atoms with Crippen LogP contribution in [0.3, 0.4) is 0 Å². The van der Waals surface area contributed by atoms with Crippen molar-refractivity contribution < 1.29 is 13.9 Å². The maximum absolute atomic E-state index is 5.85. The molecule has 0 saturated carbocycles. The molecule has 42 heavy (non-hydrogen) atoms. The number of nitrogens with zero attached hydrogens (tertiary/aromatic N) is 7. The quantitative estimate of drug-likeness (QED) is 0.184. The van der Waals surface area contributed by atoms with E-state index in [0.717, 1.165) is 61.6 Å². The van der Waals surface area contributed by atoms with E-state index in [1.54, 1.807) is 13.3 Å². The molecule has 0 aliphatic heterocycles. The number of ether oxygens (including phenoxy) is 2. The molecule has 0 saturated heterocycles. The Morgan fingerprint density at radius 2 is 1.86 bits per heavy atom. The van der Waals surface area contributed by atoms with E-state index in [9.17, 15) is 0 Å². The minimum Gasteiger partial charge on any atom is -0.497 e. The van der Waals surface area contributed by atoms with Crippen LogP contribution in [0.15, 0.2) is 71.6 Å². The summed E-state index contributed by atoms with van der Waals surface area (Å²) in [6.07, 6.45) is 3.15. The third-order valence-corrected chi connectivity index (χ3v) is 7.21. The van der Waals surface area contributed by atoms with Crippen molar-refractivity contribution in [1.29, 1.82) is 0 Å². The highest BCUT2D eigenvalue weighted by molar-refractivity contribution is 5.94.